The third-order valence-corrected chi connectivity index (χ3v) is 9.14. The SMILES string of the molecule is CCCCC/C=C\C/C=C\CCCCCCCCC(=CCCCCCN(C)C)CCCCCCCC/C=C\C/C=C\CCCCC. The molecule has 0 aromatic heterocycles. The predicted octanol–water partition coefficient (Wildman–Crippen LogP) is 15.4. The normalized spacial score (nSPS) is 12.3. The summed E-state index contributed by atoms with van der Waals surface area (Å²) in [5.74, 6) is 0. The summed E-state index contributed by atoms with van der Waals surface area (Å²) in [5.41, 5.74) is 1.78. The van der Waals surface area contributed by atoms with Gasteiger partial charge in [0.15, 0.2) is 0 Å². The summed E-state index contributed by atoms with van der Waals surface area (Å²) in [6.45, 7) is 5.78. The minimum Gasteiger partial charge on any atom is -0.309 e. The number of hydrogen-bond donors (Lipinski definition) is 0. The fraction of sp³-hybridized carbons (Fsp3) is 0.778. The molecule has 46 heavy (non-hydrogen) atoms. The molecule has 0 bridgehead atoms. The van der Waals surface area contributed by atoms with Gasteiger partial charge in [-0.2, -0.15) is 0 Å². The van der Waals surface area contributed by atoms with Crippen LogP contribution in [0.2, 0.25) is 0 Å². The van der Waals surface area contributed by atoms with Crippen LogP contribution in [-0.4, -0.2) is 25.5 Å². The zero-order chi connectivity index (χ0) is 33.4. The van der Waals surface area contributed by atoms with E-state index in [1.165, 1.54) is 186 Å². The smallest absolute Gasteiger partial charge is 0.00248 e. The number of hydrogen-bond acceptors (Lipinski definition) is 1. The van der Waals surface area contributed by atoms with Gasteiger partial charge in [0, 0.05) is 0 Å². The Balaban J connectivity index is 3.99. The van der Waals surface area contributed by atoms with Gasteiger partial charge in [0.25, 0.3) is 0 Å². The van der Waals surface area contributed by atoms with Crippen molar-refractivity contribution in [1.82, 2.24) is 4.90 Å². The van der Waals surface area contributed by atoms with Crippen LogP contribution >= 0.6 is 0 Å². The van der Waals surface area contributed by atoms with Crippen LogP contribution in [-0.2, 0) is 0 Å². The van der Waals surface area contributed by atoms with E-state index in [4.69, 9.17) is 0 Å². The molecule has 268 valence electrons. The maximum absolute atomic E-state index is 2.65. The van der Waals surface area contributed by atoms with E-state index in [1.807, 2.05) is 0 Å². The molecule has 0 N–H and O–H groups in total. The second kappa shape index (κ2) is 39.8. The average molecular weight is 638 g/mol. The Morgan fingerprint density at radius 2 is 0.717 bits per heavy atom. The molecule has 0 aliphatic heterocycles. The van der Waals surface area contributed by atoms with E-state index in [0.717, 1.165) is 12.8 Å². The Morgan fingerprint density at radius 1 is 0.370 bits per heavy atom. The average Bonchev–Trinajstić information content (AvgIpc) is 3.05. The summed E-state index contributed by atoms with van der Waals surface area (Å²) >= 11 is 0. The second-order valence-corrected chi connectivity index (χ2v) is 14.2. The molecule has 0 aromatic carbocycles. The van der Waals surface area contributed by atoms with Crippen molar-refractivity contribution in [2.24, 2.45) is 0 Å². The van der Waals surface area contributed by atoms with Crippen LogP contribution in [0.15, 0.2) is 60.3 Å². The van der Waals surface area contributed by atoms with Gasteiger partial charge in [0.1, 0.15) is 0 Å². The van der Waals surface area contributed by atoms with Gasteiger partial charge in [-0.05, 0) is 130 Å². The zero-order valence-corrected chi connectivity index (χ0v) is 32.1. The van der Waals surface area contributed by atoms with Crippen molar-refractivity contribution >= 4 is 0 Å². The molecule has 0 radical (unpaired) electrons. The molecular weight excluding hydrogens is 555 g/mol. The van der Waals surface area contributed by atoms with Crippen LogP contribution in [0.1, 0.15) is 206 Å². The molecule has 1 nitrogen and oxygen atoms in total. The van der Waals surface area contributed by atoms with Crippen molar-refractivity contribution in [3.63, 3.8) is 0 Å². The quantitative estimate of drug-likeness (QED) is 0.0488. The summed E-state index contributed by atoms with van der Waals surface area (Å²) in [5, 5.41) is 0. The molecule has 0 amide bonds. The Kier molecular flexibility index (Phi) is 38.7. The van der Waals surface area contributed by atoms with Gasteiger partial charge in [0.2, 0.25) is 0 Å². The summed E-state index contributed by atoms with van der Waals surface area (Å²) in [4.78, 5) is 2.32. The lowest BCUT2D eigenvalue weighted by Gasteiger charge is -2.10. The molecule has 0 unspecified atom stereocenters. The molecule has 0 rings (SSSR count). The van der Waals surface area contributed by atoms with Crippen molar-refractivity contribution < 1.29 is 0 Å². The van der Waals surface area contributed by atoms with Crippen LogP contribution in [0.4, 0.5) is 0 Å². The van der Waals surface area contributed by atoms with Crippen molar-refractivity contribution in [3.05, 3.63) is 60.3 Å². The maximum Gasteiger partial charge on any atom is -0.00248 e. The van der Waals surface area contributed by atoms with Crippen molar-refractivity contribution in [3.8, 4) is 0 Å². The highest BCUT2D eigenvalue weighted by atomic mass is 15.0. The Labute approximate surface area is 291 Å². The van der Waals surface area contributed by atoms with Gasteiger partial charge in [-0.3, -0.25) is 0 Å². The summed E-state index contributed by atoms with van der Waals surface area (Å²) < 4.78 is 0. The third-order valence-electron chi connectivity index (χ3n) is 9.14. The van der Waals surface area contributed by atoms with Crippen molar-refractivity contribution in [2.75, 3.05) is 20.6 Å². The van der Waals surface area contributed by atoms with E-state index >= 15 is 0 Å². The maximum atomic E-state index is 2.65. The molecule has 0 aliphatic carbocycles. The van der Waals surface area contributed by atoms with Gasteiger partial charge < -0.3 is 4.90 Å². The van der Waals surface area contributed by atoms with Crippen LogP contribution in [0.3, 0.4) is 0 Å². The largest absolute Gasteiger partial charge is 0.309 e. The Bertz CT molecular complexity index is 671. The number of rotatable bonds is 36. The first kappa shape index (κ1) is 44.7. The zero-order valence-electron chi connectivity index (χ0n) is 32.1. The van der Waals surface area contributed by atoms with E-state index in [1.54, 1.807) is 5.57 Å². The molecule has 0 saturated heterocycles. The lowest BCUT2D eigenvalue weighted by molar-refractivity contribution is 0.392. The highest BCUT2D eigenvalue weighted by Gasteiger charge is 2.01. The summed E-state index contributed by atoms with van der Waals surface area (Å²) in [6, 6.07) is 0. The van der Waals surface area contributed by atoms with E-state index in [9.17, 15) is 0 Å². The molecule has 0 atom stereocenters. The molecule has 0 spiro atoms. The van der Waals surface area contributed by atoms with Gasteiger partial charge >= 0.3 is 0 Å². The minimum absolute atomic E-state index is 1.12. The highest BCUT2D eigenvalue weighted by molar-refractivity contribution is 5.02. The Morgan fingerprint density at radius 3 is 1.13 bits per heavy atom. The van der Waals surface area contributed by atoms with E-state index in [2.05, 4.69) is 87.5 Å². The standard InChI is InChI=1S/C45H83N/c1-5-7-9-11-13-15-17-19-21-23-25-27-29-31-33-37-41-45(43-39-35-36-40-44-46(3)4)42-38-34-32-30-28-26-24-22-20-18-16-14-12-10-8-6-2/h13-16,19-22,43H,5-12,17-18,23-42,44H2,1-4H3/b15-13-,16-14-,21-19-,22-20-. The molecule has 0 heterocycles. The fourth-order valence-electron chi connectivity index (χ4n) is 6.06. The van der Waals surface area contributed by atoms with Crippen LogP contribution in [0.5, 0.6) is 0 Å². The molecule has 1 heteroatoms. The first-order valence-electron chi connectivity index (χ1n) is 20.6. The van der Waals surface area contributed by atoms with Crippen LogP contribution in [0, 0.1) is 0 Å². The van der Waals surface area contributed by atoms with Crippen molar-refractivity contribution in [1.29, 1.82) is 0 Å². The van der Waals surface area contributed by atoms with Crippen molar-refractivity contribution in [2.45, 2.75) is 206 Å². The number of unbranched alkanes of at least 4 members (excludes halogenated alkanes) is 21. The molecular formula is C45H83N. The number of allylic oxidation sites excluding steroid dienone is 10. The van der Waals surface area contributed by atoms with Gasteiger partial charge in [-0.25, -0.2) is 0 Å². The minimum atomic E-state index is 1.12. The topological polar surface area (TPSA) is 3.24 Å². The molecule has 0 saturated carbocycles. The van der Waals surface area contributed by atoms with Gasteiger partial charge in [-0.15, -0.1) is 0 Å². The van der Waals surface area contributed by atoms with Crippen LogP contribution < -0.4 is 0 Å². The monoisotopic (exact) mass is 638 g/mol. The summed E-state index contributed by atoms with van der Waals surface area (Å²) in [7, 11) is 4.38. The Hall–Kier alpha value is -1.34. The summed E-state index contributed by atoms with van der Waals surface area (Å²) in [6.07, 6.45) is 61.9. The molecule has 0 fully saturated rings. The highest BCUT2D eigenvalue weighted by Crippen LogP contribution is 2.20. The lowest BCUT2D eigenvalue weighted by atomic mass is 9.97. The second-order valence-electron chi connectivity index (χ2n) is 14.2. The fourth-order valence-corrected chi connectivity index (χ4v) is 6.06. The van der Waals surface area contributed by atoms with Crippen LogP contribution in [0.25, 0.3) is 0 Å². The predicted molar refractivity (Wildman–Crippen MR) is 213 cm³/mol. The van der Waals surface area contributed by atoms with E-state index in [0.29, 0.717) is 0 Å². The molecule has 0 aromatic rings. The lowest BCUT2D eigenvalue weighted by Crippen LogP contribution is -2.12. The number of nitrogens with zero attached hydrogens (tertiary/aromatic N) is 1. The van der Waals surface area contributed by atoms with E-state index in [-0.39, 0.29) is 0 Å². The first-order chi connectivity index (χ1) is 22.7. The first-order valence-corrected chi connectivity index (χ1v) is 20.6. The van der Waals surface area contributed by atoms with E-state index < -0.39 is 0 Å². The third kappa shape index (κ3) is 38.8. The van der Waals surface area contributed by atoms with Gasteiger partial charge in [-0.1, -0.05) is 158 Å². The van der Waals surface area contributed by atoms with Gasteiger partial charge in [0.05, 0.1) is 0 Å². The molecule has 0 aliphatic rings.